The molecule has 0 bridgehead atoms. The zero-order valence-electron chi connectivity index (χ0n) is 12.5. The maximum atomic E-state index is 11.9. The van der Waals surface area contributed by atoms with Crippen molar-refractivity contribution in [2.24, 2.45) is 0 Å². The maximum Gasteiger partial charge on any atom is 0.224 e. The second-order valence-electron chi connectivity index (χ2n) is 5.55. The summed E-state index contributed by atoms with van der Waals surface area (Å²) >= 11 is 0. The first-order chi connectivity index (χ1) is 9.78. The predicted octanol–water partition coefficient (Wildman–Crippen LogP) is 3.80. The molecule has 1 N–H and O–H groups in total. The van der Waals surface area contributed by atoms with E-state index >= 15 is 0 Å². The van der Waals surface area contributed by atoms with E-state index in [4.69, 9.17) is 0 Å². The van der Waals surface area contributed by atoms with Crippen molar-refractivity contribution in [1.82, 2.24) is 5.32 Å². The van der Waals surface area contributed by atoms with Crippen molar-refractivity contribution in [3.05, 3.63) is 47.0 Å². The molecule has 0 saturated heterocycles. The fourth-order valence-electron chi connectivity index (χ4n) is 2.63. The van der Waals surface area contributed by atoms with E-state index in [-0.39, 0.29) is 5.91 Å². The molecule has 1 aromatic rings. The van der Waals surface area contributed by atoms with Crippen LogP contribution in [0.5, 0.6) is 0 Å². The molecule has 1 aliphatic carbocycles. The molecule has 1 aliphatic rings. The Morgan fingerprint density at radius 2 is 1.90 bits per heavy atom. The Hall–Kier alpha value is -1.57. The Kier molecular flexibility index (Phi) is 5.85. The van der Waals surface area contributed by atoms with E-state index in [9.17, 15) is 4.79 Å². The van der Waals surface area contributed by atoms with Crippen molar-refractivity contribution in [1.29, 1.82) is 0 Å². The number of carbonyl (C=O) groups excluding carboxylic acids is 1. The van der Waals surface area contributed by atoms with Crippen molar-refractivity contribution in [2.45, 2.75) is 51.9 Å². The van der Waals surface area contributed by atoms with Gasteiger partial charge in [0.25, 0.3) is 0 Å². The lowest BCUT2D eigenvalue weighted by Gasteiger charge is -2.13. The van der Waals surface area contributed by atoms with Crippen LogP contribution in [0.25, 0.3) is 0 Å². The Bertz CT molecular complexity index is 459. The lowest BCUT2D eigenvalue weighted by molar-refractivity contribution is -0.120. The Morgan fingerprint density at radius 1 is 1.15 bits per heavy atom. The van der Waals surface area contributed by atoms with Crippen LogP contribution in [0.2, 0.25) is 0 Å². The smallest absolute Gasteiger partial charge is 0.224 e. The van der Waals surface area contributed by atoms with Gasteiger partial charge in [0.05, 0.1) is 6.42 Å². The zero-order valence-corrected chi connectivity index (χ0v) is 12.5. The summed E-state index contributed by atoms with van der Waals surface area (Å²) in [6.07, 6.45) is 9.96. The highest BCUT2D eigenvalue weighted by Crippen LogP contribution is 2.19. The topological polar surface area (TPSA) is 29.1 Å². The highest BCUT2D eigenvalue weighted by atomic mass is 16.1. The molecule has 0 fully saturated rings. The van der Waals surface area contributed by atoms with Gasteiger partial charge in [-0.25, -0.2) is 0 Å². The van der Waals surface area contributed by atoms with Crippen molar-refractivity contribution >= 4 is 5.91 Å². The number of benzene rings is 1. The van der Waals surface area contributed by atoms with Gasteiger partial charge >= 0.3 is 0 Å². The van der Waals surface area contributed by atoms with Crippen molar-refractivity contribution in [3.63, 3.8) is 0 Å². The van der Waals surface area contributed by atoms with E-state index in [2.05, 4.69) is 42.6 Å². The zero-order chi connectivity index (χ0) is 14.2. The Labute approximate surface area is 122 Å². The fraction of sp³-hybridized carbons (Fsp3) is 0.500. The number of amides is 1. The van der Waals surface area contributed by atoms with Gasteiger partial charge < -0.3 is 5.32 Å². The van der Waals surface area contributed by atoms with Gasteiger partial charge in [0.1, 0.15) is 0 Å². The van der Waals surface area contributed by atoms with Crippen LogP contribution in [0.3, 0.4) is 0 Å². The minimum Gasteiger partial charge on any atom is -0.355 e. The van der Waals surface area contributed by atoms with Gasteiger partial charge in [-0.2, -0.15) is 0 Å². The molecule has 2 rings (SSSR count). The van der Waals surface area contributed by atoms with Crippen LogP contribution >= 0.6 is 0 Å². The molecular weight excluding hydrogens is 246 g/mol. The summed E-state index contributed by atoms with van der Waals surface area (Å²) in [5, 5.41) is 3.03. The molecule has 0 atom stereocenters. The molecule has 0 radical (unpaired) electrons. The third-order valence-corrected chi connectivity index (χ3v) is 3.95. The van der Waals surface area contributed by atoms with E-state index in [0.29, 0.717) is 6.42 Å². The fourth-order valence-corrected chi connectivity index (χ4v) is 2.63. The highest BCUT2D eigenvalue weighted by Gasteiger charge is 2.06. The molecular formula is C18H25NO. The molecule has 108 valence electrons. The van der Waals surface area contributed by atoms with Crippen molar-refractivity contribution in [3.8, 4) is 0 Å². The molecule has 0 heterocycles. The molecule has 1 amide bonds. The van der Waals surface area contributed by atoms with E-state index in [0.717, 1.165) is 24.9 Å². The van der Waals surface area contributed by atoms with E-state index < -0.39 is 0 Å². The van der Waals surface area contributed by atoms with Gasteiger partial charge in [0, 0.05) is 6.54 Å². The largest absolute Gasteiger partial charge is 0.355 e. The number of hydrogen-bond donors (Lipinski definition) is 1. The van der Waals surface area contributed by atoms with E-state index in [1.54, 1.807) is 0 Å². The Balaban J connectivity index is 1.70. The summed E-state index contributed by atoms with van der Waals surface area (Å²) in [5.74, 6) is 0.130. The summed E-state index contributed by atoms with van der Waals surface area (Å²) in [6.45, 7) is 2.92. The van der Waals surface area contributed by atoms with Gasteiger partial charge in [0.15, 0.2) is 0 Å². The third kappa shape index (κ3) is 4.84. The first-order valence-corrected chi connectivity index (χ1v) is 7.80. The summed E-state index contributed by atoms with van der Waals surface area (Å²) < 4.78 is 0. The summed E-state index contributed by atoms with van der Waals surface area (Å²) in [5.41, 5.74) is 3.93. The van der Waals surface area contributed by atoms with E-state index in [1.807, 2.05) is 0 Å². The predicted molar refractivity (Wildman–Crippen MR) is 83.7 cm³/mol. The number of allylic oxidation sites excluding steroid dienone is 1. The van der Waals surface area contributed by atoms with Crippen LogP contribution in [0, 0.1) is 0 Å². The lowest BCUT2D eigenvalue weighted by Crippen LogP contribution is -2.26. The maximum absolute atomic E-state index is 11.9. The number of rotatable bonds is 6. The van der Waals surface area contributed by atoms with Crippen molar-refractivity contribution in [2.75, 3.05) is 6.54 Å². The van der Waals surface area contributed by atoms with Crippen LogP contribution < -0.4 is 5.32 Å². The van der Waals surface area contributed by atoms with Gasteiger partial charge in [-0.05, 0) is 49.7 Å². The Morgan fingerprint density at radius 3 is 2.55 bits per heavy atom. The van der Waals surface area contributed by atoms with Gasteiger partial charge in [-0.3, -0.25) is 4.79 Å². The number of nitrogens with one attached hydrogen (secondary N) is 1. The molecule has 1 aromatic carbocycles. The van der Waals surface area contributed by atoms with Gasteiger partial charge in [-0.15, -0.1) is 0 Å². The summed E-state index contributed by atoms with van der Waals surface area (Å²) in [7, 11) is 0. The quantitative estimate of drug-likeness (QED) is 0.783. The lowest BCUT2D eigenvalue weighted by atomic mass is 9.97. The van der Waals surface area contributed by atoms with Crippen LogP contribution in [0.15, 0.2) is 35.9 Å². The monoisotopic (exact) mass is 271 g/mol. The first kappa shape index (κ1) is 14.8. The minimum atomic E-state index is 0.130. The minimum absolute atomic E-state index is 0.130. The second kappa shape index (κ2) is 7.88. The molecule has 20 heavy (non-hydrogen) atoms. The number of hydrogen-bond acceptors (Lipinski definition) is 1. The van der Waals surface area contributed by atoms with Crippen molar-refractivity contribution < 1.29 is 4.79 Å². The van der Waals surface area contributed by atoms with Crippen LogP contribution in [-0.4, -0.2) is 12.5 Å². The molecule has 0 aromatic heterocycles. The summed E-state index contributed by atoms with van der Waals surface area (Å²) in [6, 6.07) is 8.33. The highest BCUT2D eigenvalue weighted by molar-refractivity contribution is 5.78. The standard InChI is InChI=1S/C18H25NO/c1-2-15-8-10-17(11-9-15)14-18(20)19-13-12-16-6-4-3-5-7-16/h6,8-11H,2-5,7,12-14H2,1H3,(H,19,20). The van der Waals surface area contributed by atoms with Crippen LogP contribution in [0.1, 0.15) is 50.2 Å². The SMILES string of the molecule is CCc1ccc(CC(=O)NCCC2=CCCCC2)cc1. The normalized spacial score (nSPS) is 14.8. The molecule has 0 spiro atoms. The molecule has 0 aliphatic heterocycles. The van der Waals surface area contributed by atoms with Gasteiger partial charge in [-0.1, -0.05) is 42.8 Å². The molecule has 0 unspecified atom stereocenters. The molecule has 2 heteroatoms. The summed E-state index contributed by atoms with van der Waals surface area (Å²) in [4.78, 5) is 11.9. The number of carbonyl (C=O) groups is 1. The van der Waals surface area contributed by atoms with Crippen LogP contribution in [-0.2, 0) is 17.6 Å². The average molecular weight is 271 g/mol. The van der Waals surface area contributed by atoms with E-state index in [1.165, 1.54) is 36.8 Å². The second-order valence-corrected chi connectivity index (χ2v) is 5.55. The first-order valence-electron chi connectivity index (χ1n) is 7.80. The average Bonchev–Trinajstić information content (AvgIpc) is 2.49. The molecule has 0 saturated carbocycles. The third-order valence-electron chi connectivity index (χ3n) is 3.95. The molecule has 2 nitrogen and oxygen atoms in total. The van der Waals surface area contributed by atoms with Gasteiger partial charge in [0.2, 0.25) is 5.91 Å². The van der Waals surface area contributed by atoms with Crippen LogP contribution in [0.4, 0.5) is 0 Å². The number of aryl methyl sites for hydroxylation is 1.